The average molecular weight is 254 g/mol. The second-order valence-electron chi connectivity index (χ2n) is 5.89. The summed E-state index contributed by atoms with van der Waals surface area (Å²) < 4.78 is 0. The number of amides is 1. The molecule has 1 saturated heterocycles. The van der Waals surface area contributed by atoms with E-state index in [1.54, 1.807) is 0 Å². The molecule has 2 aliphatic rings. The molecule has 5 nitrogen and oxygen atoms in total. The van der Waals surface area contributed by atoms with Gasteiger partial charge in [0.15, 0.2) is 0 Å². The number of piperidine rings is 1. The predicted octanol–water partition coefficient (Wildman–Crippen LogP) is 0.827. The maximum Gasteiger partial charge on any atom is 0.303 e. The molecule has 0 radical (unpaired) electrons. The Balaban J connectivity index is 1.85. The highest BCUT2D eigenvalue weighted by atomic mass is 16.4. The number of likely N-dealkylation sites (tertiary alicyclic amines) is 1. The van der Waals surface area contributed by atoms with Crippen molar-refractivity contribution in [3.8, 4) is 0 Å². The van der Waals surface area contributed by atoms with Crippen LogP contribution in [0.2, 0.25) is 0 Å². The molecule has 0 aromatic heterocycles. The molecule has 1 atom stereocenters. The summed E-state index contributed by atoms with van der Waals surface area (Å²) in [4.78, 5) is 24.8. The minimum absolute atomic E-state index is 0.0405. The molecule has 1 saturated carbocycles. The summed E-state index contributed by atoms with van der Waals surface area (Å²) in [5, 5.41) is 8.75. The quantitative estimate of drug-likeness (QED) is 0.778. The Hall–Kier alpha value is -1.10. The van der Waals surface area contributed by atoms with E-state index in [1.807, 2.05) is 11.8 Å². The van der Waals surface area contributed by atoms with Gasteiger partial charge in [0.25, 0.3) is 0 Å². The number of carbonyl (C=O) groups excluding carboxylic acids is 1. The van der Waals surface area contributed by atoms with Gasteiger partial charge < -0.3 is 15.7 Å². The lowest BCUT2D eigenvalue weighted by Crippen LogP contribution is -2.56. The Morgan fingerprint density at radius 3 is 2.28 bits per heavy atom. The van der Waals surface area contributed by atoms with E-state index >= 15 is 0 Å². The van der Waals surface area contributed by atoms with Crippen LogP contribution < -0.4 is 5.73 Å². The Morgan fingerprint density at radius 1 is 1.28 bits per heavy atom. The summed E-state index contributed by atoms with van der Waals surface area (Å²) >= 11 is 0. The van der Waals surface area contributed by atoms with Gasteiger partial charge in [0.2, 0.25) is 5.91 Å². The lowest BCUT2D eigenvalue weighted by Gasteiger charge is -2.36. The lowest BCUT2D eigenvalue weighted by molar-refractivity contribution is -0.140. The van der Waals surface area contributed by atoms with Crippen molar-refractivity contribution in [3.05, 3.63) is 0 Å². The fourth-order valence-electron chi connectivity index (χ4n) is 2.79. The molecule has 0 spiro atoms. The van der Waals surface area contributed by atoms with Gasteiger partial charge in [-0.1, -0.05) is 0 Å². The molecule has 2 rings (SSSR count). The van der Waals surface area contributed by atoms with Crippen LogP contribution >= 0.6 is 0 Å². The minimum Gasteiger partial charge on any atom is -0.481 e. The van der Waals surface area contributed by atoms with Gasteiger partial charge >= 0.3 is 5.97 Å². The van der Waals surface area contributed by atoms with Gasteiger partial charge in [-0.25, -0.2) is 0 Å². The highest BCUT2D eigenvalue weighted by molar-refractivity contribution is 5.86. The number of carboxylic acid groups (broad SMARTS) is 1. The molecular weight excluding hydrogens is 232 g/mol. The molecule has 1 unspecified atom stereocenters. The summed E-state index contributed by atoms with van der Waals surface area (Å²) in [6, 6.07) is 0. The van der Waals surface area contributed by atoms with Crippen LogP contribution in [0.25, 0.3) is 0 Å². The third-order valence-electron chi connectivity index (χ3n) is 4.25. The topological polar surface area (TPSA) is 83.6 Å². The number of carbonyl (C=O) groups is 2. The Labute approximate surface area is 107 Å². The van der Waals surface area contributed by atoms with Crippen molar-refractivity contribution in [2.75, 3.05) is 13.1 Å². The predicted molar refractivity (Wildman–Crippen MR) is 66.9 cm³/mol. The molecule has 102 valence electrons. The molecule has 18 heavy (non-hydrogen) atoms. The van der Waals surface area contributed by atoms with Crippen LogP contribution in [0, 0.1) is 11.8 Å². The highest BCUT2D eigenvalue weighted by Gasteiger charge is 2.46. The van der Waals surface area contributed by atoms with Crippen LogP contribution in [0.15, 0.2) is 0 Å². The van der Waals surface area contributed by atoms with Crippen LogP contribution in [-0.2, 0) is 9.59 Å². The van der Waals surface area contributed by atoms with Gasteiger partial charge in [-0.05, 0) is 44.4 Å². The van der Waals surface area contributed by atoms with Crippen molar-refractivity contribution >= 4 is 11.9 Å². The number of carboxylic acids is 1. The van der Waals surface area contributed by atoms with E-state index in [-0.39, 0.29) is 18.2 Å². The van der Waals surface area contributed by atoms with Crippen molar-refractivity contribution in [1.29, 1.82) is 0 Å². The largest absolute Gasteiger partial charge is 0.481 e. The van der Waals surface area contributed by atoms with Crippen LogP contribution in [0.4, 0.5) is 0 Å². The summed E-state index contributed by atoms with van der Waals surface area (Å²) in [7, 11) is 0. The Bertz CT molecular complexity index is 342. The fourth-order valence-corrected chi connectivity index (χ4v) is 2.79. The van der Waals surface area contributed by atoms with Gasteiger partial charge in [0, 0.05) is 19.5 Å². The first kappa shape index (κ1) is 13.3. The zero-order chi connectivity index (χ0) is 13.3. The second-order valence-corrected chi connectivity index (χ2v) is 5.89. The third kappa shape index (κ3) is 2.83. The van der Waals surface area contributed by atoms with Crippen LogP contribution in [-0.4, -0.2) is 40.5 Å². The maximum atomic E-state index is 12.3. The van der Waals surface area contributed by atoms with Crippen molar-refractivity contribution in [3.63, 3.8) is 0 Å². The molecule has 0 aromatic carbocycles. The van der Waals surface area contributed by atoms with Gasteiger partial charge in [0.05, 0.1) is 5.54 Å². The lowest BCUT2D eigenvalue weighted by atomic mass is 9.90. The Morgan fingerprint density at radius 2 is 1.83 bits per heavy atom. The Kier molecular flexibility index (Phi) is 3.61. The van der Waals surface area contributed by atoms with Crippen molar-refractivity contribution in [2.45, 2.75) is 44.6 Å². The number of rotatable bonds is 4. The van der Waals surface area contributed by atoms with Crippen molar-refractivity contribution < 1.29 is 14.7 Å². The maximum absolute atomic E-state index is 12.3. The minimum atomic E-state index is -0.749. The summed E-state index contributed by atoms with van der Waals surface area (Å²) in [6.07, 6.45) is 3.87. The smallest absolute Gasteiger partial charge is 0.303 e. The van der Waals surface area contributed by atoms with Crippen LogP contribution in [0.3, 0.4) is 0 Å². The van der Waals surface area contributed by atoms with Gasteiger partial charge in [-0.3, -0.25) is 9.59 Å². The zero-order valence-corrected chi connectivity index (χ0v) is 10.9. The van der Waals surface area contributed by atoms with Crippen LogP contribution in [0.5, 0.6) is 0 Å². The number of nitrogens with zero attached hydrogens (tertiary/aromatic N) is 1. The van der Waals surface area contributed by atoms with Crippen molar-refractivity contribution in [1.82, 2.24) is 4.90 Å². The molecule has 1 amide bonds. The molecular formula is C13H22N2O3. The van der Waals surface area contributed by atoms with Gasteiger partial charge in [-0.2, -0.15) is 0 Å². The fraction of sp³-hybridized carbons (Fsp3) is 0.846. The number of aliphatic carboxylic acids is 1. The van der Waals surface area contributed by atoms with E-state index in [9.17, 15) is 9.59 Å². The van der Waals surface area contributed by atoms with E-state index in [1.165, 1.54) is 0 Å². The van der Waals surface area contributed by atoms with E-state index < -0.39 is 11.5 Å². The summed E-state index contributed by atoms with van der Waals surface area (Å²) in [5.74, 6) is -0.168. The molecule has 1 aliphatic carbocycles. The SMILES string of the molecule is CC(N)(C(=O)N1CCC(CC(=O)O)CC1)C1CC1. The molecule has 3 N–H and O–H groups in total. The van der Waals surface area contributed by atoms with Crippen LogP contribution in [0.1, 0.15) is 39.0 Å². The van der Waals surface area contributed by atoms with Crippen molar-refractivity contribution in [2.24, 2.45) is 17.6 Å². The molecule has 0 bridgehead atoms. The van der Waals surface area contributed by atoms with E-state index in [0.717, 1.165) is 25.7 Å². The second kappa shape index (κ2) is 4.88. The van der Waals surface area contributed by atoms with Gasteiger partial charge in [0.1, 0.15) is 0 Å². The average Bonchev–Trinajstić information content (AvgIpc) is 3.12. The standard InChI is InChI=1S/C13H22N2O3/c1-13(14,10-2-3-10)12(18)15-6-4-9(5-7-15)8-11(16)17/h9-10H,2-8,14H2,1H3,(H,16,17). The monoisotopic (exact) mass is 254 g/mol. The molecule has 5 heteroatoms. The molecule has 2 fully saturated rings. The summed E-state index contributed by atoms with van der Waals surface area (Å²) in [6.45, 7) is 3.13. The number of hydrogen-bond acceptors (Lipinski definition) is 3. The first-order chi connectivity index (χ1) is 8.41. The van der Waals surface area contributed by atoms with E-state index in [0.29, 0.717) is 19.0 Å². The third-order valence-corrected chi connectivity index (χ3v) is 4.25. The van der Waals surface area contributed by atoms with E-state index in [4.69, 9.17) is 10.8 Å². The van der Waals surface area contributed by atoms with Gasteiger partial charge in [-0.15, -0.1) is 0 Å². The first-order valence-corrected chi connectivity index (χ1v) is 6.71. The highest BCUT2D eigenvalue weighted by Crippen LogP contribution is 2.39. The number of hydrogen-bond donors (Lipinski definition) is 2. The molecule has 0 aromatic rings. The summed E-state index contributed by atoms with van der Waals surface area (Å²) in [5.41, 5.74) is 5.40. The zero-order valence-electron chi connectivity index (χ0n) is 10.9. The van der Waals surface area contributed by atoms with E-state index in [2.05, 4.69) is 0 Å². The normalized spacial score (nSPS) is 24.7. The molecule has 1 aliphatic heterocycles. The first-order valence-electron chi connectivity index (χ1n) is 6.71. The molecule has 1 heterocycles. The number of nitrogens with two attached hydrogens (primary N) is 1.